The van der Waals surface area contributed by atoms with Gasteiger partial charge in [0.25, 0.3) is 0 Å². The standard InChI is InChI=1S/Mo.6H3O4P.18O.6W/c;6*1-5(2,3)4;;;;;;;;;;;;;;;;;;;;;;;;/h;6*(H3,1,2,3,4);;;;;;;;;;;;;;;;;;;;;;;;/q+6;;;;;;;;;;;;;;;;;;;6*-1;6*+1/p-6. The van der Waals surface area contributed by atoms with Crippen LogP contribution in [0.5, 0.6) is 0 Å². The van der Waals surface area contributed by atoms with Crippen molar-refractivity contribution < 1.29 is 290 Å². The molecule has 0 saturated carbocycles. The van der Waals surface area contributed by atoms with Crippen LogP contribution in [0, 0.1) is 0 Å². The van der Waals surface area contributed by atoms with Gasteiger partial charge in [-0.15, -0.1) is 0 Å². The van der Waals surface area contributed by atoms with Crippen molar-refractivity contribution in [2.45, 2.75) is 0 Å². The Bertz CT molecular complexity index is 1700. The van der Waals surface area contributed by atoms with E-state index in [-0.39, 0.29) is 21.1 Å². The summed E-state index contributed by atoms with van der Waals surface area (Å²) in [6.45, 7) is 0. The number of hydrogen-bond donors (Lipinski definition) is 12. The molecule has 0 aromatic heterocycles. The molecule has 0 unspecified atom stereocenters. The van der Waals surface area contributed by atoms with Crippen molar-refractivity contribution in [1.29, 1.82) is 0 Å². The van der Waals surface area contributed by atoms with Crippen LogP contribution in [0.2, 0.25) is 0 Å². The molecule has 336 valence electrons. The first-order valence-corrected chi connectivity index (χ1v) is 46.5. The summed E-state index contributed by atoms with van der Waals surface area (Å²) in [7, 11) is -30.8. The minimum absolute atomic E-state index is 0. The molecule has 0 aliphatic heterocycles. The van der Waals surface area contributed by atoms with E-state index in [4.69, 9.17) is 58.7 Å². The summed E-state index contributed by atoms with van der Waals surface area (Å²) in [4.78, 5) is 92.3. The third-order valence-electron chi connectivity index (χ3n) is 1.13. The van der Waals surface area contributed by atoms with Crippen LogP contribution < -0.4 is 22.6 Å². The molecule has 0 aromatic rings. The van der Waals surface area contributed by atoms with Crippen LogP contribution in [0.3, 0.4) is 0 Å². The van der Waals surface area contributed by atoms with Crippen molar-refractivity contribution in [1.82, 2.24) is 0 Å². The summed E-state index contributed by atoms with van der Waals surface area (Å²) in [5, 5.41) is 0. The molecule has 0 atom stereocenters. The number of rotatable bonds is 12. The molecule has 0 aliphatic rings. The first kappa shape index (κ1) is 72.3. The third kappa shape index (κ3) is 113. The smallest absolute Gasteiger partial charge is 6.00 e. The van der Waals surface area contributed by atoms with Gasteiger partial charge in [0, 0.05) is 0 Å². The van der Waals surface area contributed by atoms with Crippen LogP contribution in [0.25, 0.3) is 0 Å². The fourth-order valence-electron chi connectivity index (χ4n) is 0.714. The second-order valence-electron chi connectivity index (χ2n) is 5.84. The summed E-state index contributed by atoms with van der Waals surface area (Å²) in [6.07, 6.45) is 0. The van der Waals surface area contributed by atoms with Crippen molar-refractivity contribution in [3.63, 3.8) is 0 Å². The maximum absolute atomic E-state index is 9.57. The van der Waals surface area contributed by atoms with Crippen molar-refractivity contribution in [3.8, 4) is 0 Å². The Morgan fingerprint density at radius 3 is 0.309 bits per heavy atom. The van der Waals surface area contributed by atoms with E-state index in [0.29, 0.717) is 0 Å². The average Bonchev–Trinajstić information content (AvgIpc) is 2.50. The van der Waals surface area contributed by atoms with Crippen LogP contribution in [0.4, 0.5) is 0 Å². The molecule has 0 radical (unpaired) electrons. The van der Waals surface area contributed by atoms with Gasteiger partial charge in [0.05, 0.1) is 0 Å². The molecule has 0 heterocycles. The Morgan fingerprint density at radius 2 is 0.309 bits per heavy atom. The molecule has 0 bridgehead atoms. The number of phosphoric acid groups is 6. The number of hydrogen-bond acceptors (Lipinski definition) is 30. The average molecular weight is 2070 g/mol. The van der Waals surface area contributed by atoms with E-state index in [2.05, 4.69) is 19.1 Å². The molecule has 12 N–H and O–H groups in total. The predicted octanol–water partition coefficient (Wildman–Crippen LogP) is -11.2. The van der Waals surface area contributed by atoms with Crippen LogP contribution in [0.1, 0.15) is 0 Å². The van der Waals surface area contributed by atoms with Crippen LogP contribution >= 0.6 is 46.9 Å². The summed E-state index contributed by atoms with van der Waals surface area (Å²) in [6, 6.07) is 0. The van der Waals surface area contributed by atoms with E-state index in [1.807, 2.05) is 0 Å². The maximum atomic E-state index is 9.57. The summed E-state index contributed by atoms with van der Waals surface area (Å²) >= 11 is -38.7. The van der Waals surface area contributed by atoms with Crippen molar-refractivity contribution >= 4 is 46.9 Å². The van der Waals surface area contributed by atoms with Gasteiger partial charge in [-0.25, -0.2) is 0 Å². The van der Waals surface area contributed by atoms with Gasteiger partial charge >= 0.3 is 337 Å². The van der Waals surface area contributed by atoms with E-state index in [9.17, 15) is 90.7 Å². The Labute approximate surface area is 333 Å². The van der Waals surface area contributed by atoms with Gasteiger partial charge in [-0.1, -0.05) is 0 Å². The van der Waals surface area contributed by atoms with Crippen LogP contribution in [-0.2, 0) is 209 Å². The summed E-state index contributed by atoms with van der Waals surface area (Å²) < 4.78 is 245. The van der Waals surface area contributed by atoms with E-state index >= 15 is 0 Å². The van der Waals surface area contributed by atoms with Crippen LogP contribution in [-0.4, -0.2) is 58.7 Å². The molecular weight excluding hydrogens is 2060 g/mol. The van der Waals surface area contributed by atoms with Crippen molar-refractivity contribution in [2.75, 3.05) is 0 Å². The summed E-state index contributed by atoms with van der Waals surface area (Å²) in [5.74, 6) is 0. The van der Waals surface area contributed by atoms with E-state index in [0.717, 1.165) is 0 Å². The normalized spacial score (nSPS) is 13.4. The van der Waals surface area contributed by atoms with E-state index in [1.54, 1.807) is 0 Å². The second kappa shape index (κ2) is 27.1. The molecule has 0 amide bonds. The quantitative estimate of drug-likeness (QED) is 0.0638. The minimum Gasteiger partial charge on any atom is 6.00 e. The first-order chi connectivity index (χ1) is 22.2. The Kier molecular flexibility index (Phi) is 35.6. The van der Waals surface area contributed by atoms with Crippen molar-refractivity contribution in [3.05, 3.63) is 0 Å². The van der Waals surface area contributed by atoms with Gasteiger partial charge in [0.2, 0.25) is 0 Å². The fourth-order valence-corrected chi connectivity index (χ4v) is 17.5. The molecule has 0 aromatic carbocycles. The third-order valence-corrected chi connectivity index (χ3v) is 27.8. The summed E-state index contributed by atoms with van der Waals surface area (Å²) in [5.41, 5.74) is 0. The SMILES string of the molecule is O=P(O)(O)[O][W](=[O])(=[O])[O-].O=P(O)(O)[O][W](=[O])(=[O])[O-].O=P(O)(O)[O][W](=[O])(=[O])[O-].O=P(O)(O)[O][W](=[O])(=[O])[O-].O=P(O)(O)[O][W](=[O])(=[O])[O-].O=P(O)(O)[O][W](=[O])(=[O])[O-].[Mo+6]. The van der Waals surface area contributed by atoms with Gasteiger partial charge < -0.3 is 0 Å². The molecule has 42 nitrogen and oxygen atoms in total. The fraction of sp³-hybridized carbons (Fsp3) is 0. The topological polar surface area (TPSA) is 744 Å². The van der Waals surface area contributed by atoms with E-state index < -0.39 is 147 Å². The van der Waals surface area contributed by atoms with Gasteiger partial charge in [-0.2, -0.15) is 0 Å². The zero-order valence-electron chi connectivity index (χ0n) is 23.2. The molecular formula is H12MoO42P6W6. The molecule has 55 heteroatoms. The molecule has 0 rings (SSSR count). The molecule has 55 heavy (non-hydrogen) atoms. The Hall–Kier alpha value is 2.84. The largest absolute Gasteiger partial charge is 6.00 e. The molecule has 0 fully saturated rings. The maximum Gasteiger partial charge on any atom is 6.00 e. The molecule has 0 saturated heterocycles. The van der Waals surface area contributed by atoms with E-state index in [1.165, 1.54) is 0 Å². The van der Waals surface area contributed by atoms with Gasteiger partial charge in [-0.05, 0) is 0 Å². The Balaban J connectivity index is -0.000000100. The van der Waals surface area contributed by atoms with Crippen LogP contribution in [0.15, 0.2) is 0 Å². The second-order valence-corrected chi connectivity index (χ2v) is 39.9. The zero-order chi connectivity index (χ0) is 46.2. The predicted molar refractivity (Wildman–Crippen MR) is 87.0 cm³/mol. The Morgan fingerprint density at radius 1 is 0.255 bits per heavy atom. The monoisotopic (exact) mass is 2070 g/mol. The molecule has 0 spiro atoms. The van der Waals surface area contributed by atoms with Gasteiger partial charge in [0.1, 0.15) is 0 Å². The van der Waals surface area contributed by atoms with Crippen molar-refractivity contribution in [2.24, 2.45) is 0 Å². The first-order valence-electron chi connectivity index (χ1n) is 8.59. The zero-order valence-corrected chi connectivity index (χ0v) is 48.1. The minimum atomic E-state index is -6.44. The van der Waals surface area contributed by atoms with Gasteiger partial charge in [0.15, 0.2) is 0 Å². The molecule has 0 aliphatic carbocycles. The van der Waals surface area contributed by atoms with Gasteiger partial charge in [-0.3, -0.25) is 0 Å².